The van der Waals surface area contributed by atoms with Gasteiger partial charge in [-0.05, 0) is 40.4 Å². The van der Waals surface area contributed by atoms with Gasteiger partial charge in [-0.1, -0.05) is 6.07 Å². The summed E-state index contributed by atoms with van der Waals surface area (Å²) in [6, 6.07) is 7.18. The first kappa shape index (κ1) is 13.4. The van der Waals surface area contributed by atoms with Crippen molar-refractivity contribution in [2.24, 2.45) is 0 Å². The second-order valence-corrected chi connectivity index (χ2v) is 5.81. The van der Waals surface area contributed by atoms with Crippen molar-refractivity contribution >= 4 is 38.6 Å². The molecule has 18 heavy (non-hydrogen) atoms. The van der Waals surface area contributed by atoms with Crippen LogP contribution in [0, 0.1) is 5.82 Å². The molecule has 1 aromatic heterocycles. The first-order valence-electron chi connectivity index (χ1n) is 5.63. The number of hydrogen-bond donors (Lipinski definition) is 1. The van der Waals surface area contributed by atoms with E-state index in [1.165, 1.54) is 10.9 Å². The second kappa shape index (κ2) is 5.71. The fourth-order valence-corrected chi connectivity index (χ4v) is 2.86. The van der Waals surface area contributed by atoms with E-state index >= 15 is 0 Å². The normalized spacial score (nSPS) is 10.6. The van der Waals surface area contributed by atoms with Gasteiger partial charge in [-0.2, -0.15) is 0 Å². The molecule has 0 aliphatic rings. The second-order valence-electron chi connectivity index (χ2n) is 3.92. The van der Waals surface area contributed by atoms with Crippen LogP contribution in [0.15, 0.2) is 34.1 Å². The Morgan fingerprint density at radius 2 is 2.22 bits per heavy atom. The highest BCUT2D eigenvalue weighted by Crippen LogP contribution is 2.30. The third-order valence-electron chi connectivity index (χ3n) is 2.72. The van der Waals surface area contributed by atoms with E-state index in [4.69, 9.17) is 5.73 Å². The molecule has 2 rings (SSSR count). The van der Waals surface area contributed by atoms with Crippen molar-refractivity contribution in [3.63, 3.8) is 0 Å². The minimum Gasteiger partial charge on any atom is -0.397 e. The number of hydrogen-bond acceptors (Lipinski definition) is 3. The molecule has 2 aromatic rings. The highest BCUT2D eigenvalue weighted by molar-refractivity contribution is 9.10. The maximum absolute atomic E-state index is 13.6. The molecule has 0 spiro atoms. The van der Waals surface area contributed by atoms with Gasteiger partial charge in [0.1, 0.15) is 5.82 Å². The summed E-state index contributed by atoms with van der Waals surface area (Å²) in [7, 11) is 0. The van der Waals surface area contributed by atoms with Crippen LogP contribution in [-0.2, 0) is 6.54 Å². The molecule has 0 saturated carbocycles. The van der Waals surface area contributed by atoms with Crippen LogP contribution < -0.4 is 10.6 Å². The van der Waals surface area contributed by atoms with Crippen molar-refractivity contribution < 1.29 is 4.39 Å². The number of halogens is 2. The highest BCUT2D eigenvalue weighted by atomic mass is 79.9. The molecule has 96 valence electrons. The smallest absolute Gasteiger partial charge is 0.139 e. The average molecular weight is 329 g/mol. The van der Waals surface area contributed by atoms with E-state index in [-0.39, 0.29) is 5.82 Å². The molecule has 0 radical (unpaired) electrons. The van der Waals surface area contributed by atoms with Crippen LogP contribution in [0.5, 0.6) is 0 Å². The van der Waals surface area contributed by atoms with Gasteiger partial charge in [0.25, 0.3) is 0 Å². The predicted octanol–water partition coefficient (Wildman–Crippen LogP) is 4.26. The maximum Gasteiger partial charge on any atom is 0.139 e. The van der Waals surface area contributed by atoms with Gasteiger partial charge in [-0.3, -0.25) is 0 Å². The first-order chi connectivity index (χ1) is 8.61. The Kier molecular flexibility index (Phi) is 4.24. The topological polar surface area (TPSA) is 29.3 Å². The number of nitrogens with two attached hydrogens (primary N) is 1. The summed E-state index contributed by atoms with van der Waals surface area (Å²) < 4.78 is 14.0. The lowest BCUT2D eigenvalue weighted by atomic mass is 10.2. The van der Waals surface area contributed by atoms with E-state index in [1.807, 2.05) is 18.4 Å². The lowest BCUT2D eigenvalue weighted by Gasteiger charge is -2.24. The Hall–Kier alpha value is -1.07. The molecule has 0 fully saturated rings. The van der Waals surface area contributed by atoms with Crippen LogP contribution in [0.4, 0.5) is 15.8 Å². The summed E-state index contributed by atoms with van der Waals surface area (Å²) in [4.78, 5) is 3.30. The molecule has 5 heteroatoms. The number of anilines is 2. The van der Waals surface area contributed by atoms with Crippen molar-refractivity contribution in [2.75, 3.05) is 17.2 Å². The van der Waals surface area contributed by atoms with Crippen LogP contribution in [0.2, 0.25) is 0 Å². The molecule has 0 bridgehead atoms. The monoisotopic (exact) mass is 328 g/mol. The molecule has 0 atom stereocenters. The van der Waals surface area contributed by atoms with Gasteiger partial charge in [0.05, 0.1) is 22.4 Å². The van der Waals surface area contributed by atoms with Crippen LogP contribution in [-0.4, -0.2) is 6.54 Å². The lowest BCUT2D eigenvalue weighted by molar-refractivity contribution is 0.620. The van der Waals surface area contributed by atoms with Crippen LogP contribution in [0.1, 0.15) is 11.8 Å². The van der Waals surface area contributed by atoms with E-state index in [0.717, 1.165) is 18.8 Å². The van der Waals surface area contributed by atoms with E-state index < -0.39 is 0 Å². The van der Waals surface area contributed by atoms with Crippen molar-refractivity contribution in [3.05, 3.63) is 44.8 Å². The molecule has 0 amide bonds. The Balaban J connectivity index is 2.30. The summed E-state index contributed by atoms with van der Waals surface area (Å²) >= 11 is 4.83. The Morgan fingerprint density at radius 3 is 2.83 bits per heavy atom. The number of nitrogen functional groups attached to an aromatic ring is 1. The van der Waals surface area contributed by atoms with Gasteiger partial charge in [0.15, 0.2) is 0 Å². The number of rotatable bonds is 4. The zero-order valence-corrected chi connectivity index (χ0v) is 12.4. The van der Waals surface area contributed by atoms with Gasteiger partial charge >= 0.3 is 0 Å². The number of nitrogens with zero attached hydrogens (tertiary/aromatic N) is 1. The van der Waals surface area contributed by atoms with Crippen LogP contribution in [0.3, 0.4) is 0 Å². The van der Waals surface area contributed by atoms with Crippen LogP contribution >= 0.6 is 27.3 Å². The molecule has 2 N–H and O–H groups in total. The Labute approximate surface area is 118 Å². The van der Waals surface area contributed by atoms with Gasteiger partial charge in [-0.15, -0.1) is 11.3 Å². The molecular weight excluding hydrogens is 315 g/mol. The summed E-state index contributed by atoms with van der Waals surface area (Å²) in [6.07, 6.45) is 0. The summed E-state index contributed by atoms with van der Waals surface area (Å²) in [5, 5.41) is 2.04. The Morgan fingerprint density at radius 1 is 1.44 bits per heavy atom. The zero-order chi connectivity index (χ0) is 13.1. The van der Waals surface area contributed by atoms with Gasteiger partial charge in [0.2, 0.25) is 0 Å². The predicted molar refractivity (Wildman–Crippen MR) is 79.6 cm³/mol. The SMILES string of the molecule is CCN(Cc1cccs1)c1cc(F)c(Br)cc1N. The van der Waals surface area contributed by atoms with Crippen molar-refractivity contribution in [1.29, 1.82) is 0 Å². The molecule has 1 aromatic carbocycles. The average Bonchev–Trinajstić information content (AvgIpc) is 2.84. The first-order valence-corrected chi connectivity index (χ1v) is 7.31. The molecular formula is C13H14BrFN2S. The Bertz CT molecular complexity index is 528. The van der Waals surface area contributed by atoms with E-state index in [2.05, 4.69) is 26.9 Å². The quantitative estimate of drug-likeness (QED) is 0.850. The zero-order valence-electron chi connectivity index (χ0n) is 9.99. The van der Waals surface area contributed by atoms with E-state index in [0.29, 0.717) is 10.2 Å². The summed E-state index contributed by atoms with van der Waals surface area (Å²) in [5.41, 5.74) is 7.29. The molecule has 0 aliphatic heterocycles. The molecule has 2 nitrogen and oxygen atoms in total. The molecule has 0 saturated heterocycles. The van der Waals surface area contributed by atoms with Gasteiger partial charge < -0.3 is 10.6 Å². The third kappa shape index (κ3) is 2.84. The van der Waals surface area contributed by atoms with E-state index in [9.17, 15) is 4.39 Å². The summed E-state index contributed by atoms with van der Waals surface area (Å²) in [5.74, 6) is -0.288. The van der Waals surface area contributed by atoms with Crippen molar-refractivity contribution in [1.82, 2.24) is 0 Å². The highest BCUT2D eigenvalue weighted by Gasteiger charge is 2.12. The lowest BCUT2D eigenvalue weighted by Crippen LogP contribution is -2.22. The van der Waals surface area contributed by atoms with Crippen molar-refractivity contribution in [3.8, 4) is 0 Å². The van der Waals surface area contributed by atoms with Crippen molar-refractivity contribution in [2.45, 2.75) is 13.5 Å². The fourth-order valence-electron chi connectivity index (χ4n) is 1.78. The molecule has 0 aliphatic carbocycles. The van der Waals surface area contributed by atoms with E-state index in [1.54, 1.807) is 17.4 Å². The maximum atomic E-state index is 13.6. The third-order valence-corrected chi connectivity index (χ3v) is 4.19. The molecule has 0 unspecified atom stereocenters. The van der Waals surface area contributed by atoms with Gasteiger partial charge in [0, 0.05) is 17.5 Å². The summed E-state index contributed by atoms with van der Waals surface area (Å²) in [6.45, 7) is 3.57. The minimum absolute atomic E-state index is 0.288. The number of benzene rings is 1. The van der Waals surface area contributed by atoms with Gasteiger partial charge in [-0.25, -0.2) is 4.39 Å². The minimum atomic E-state index is -0.288. The molecule has 1 heterocycles. The number of thiophene rings is 1. The van der Waals surface area contributed by atoms with Crippen LogP contribution in [0.25, 0.3) is 0 Å². The standard InChI is InChI=1S/C13H14BrFN2S/c1-2-17(8-9-4-3-5-18-9)13-7-11(15)10(14)6-12(13)16/h3-7H,2,8,16H2,1H3. The largest absolute Gasteiger partial charge is 0.397 e. The fraction of sp³-hybridized carbons (Fsp3) is 0.231.